The first-order valence-corrected chi connectivity index (χ1v) is 6.92. The number of halogens is 3. The Balaban J connectivity index is 2.67. The molecule has 5 nitrogen and oxygen atoms in total. The summed E-state index contributed by atoms with van der Waals surface area (Å²) < 4.78 is 40.6. The molecule has 0 fully saturated rings. The van der Waals surface area contributed by atoms with E-state index in [4.69, 9.17) is 5.11 Å². The molecule has 0 spiro atoms. The van der Waals surface area contributed by atoms with Crippen molar-refractivity contribution in [2.45, 2.75) is 32.5 Å². The van der Waals surface area contributed by atoms with Gasteiger partial charge in [-0.25, -0.2) is 4.79 Å². The maximum atomic E-state index is 12.0. The second kappa shape index (κ2) is 7.85. The van der Waals surface area contributed by atoms with Crippen molar-refractivity contribution < 1.29 is 32.6 Å². The summed E-state index contributed by atoms with van der Waals surface area (Å²) in [4.78, 5) is 23.1. The minimum Gasteiger partial charge on any atom is -0.484 e. The average Bonchev–Trinajstić information content (AvgIpc) is 2.43. The summed E-state index contributed by atoms with van der Waals surface area (Å²) in [6, 6.07) is 3.96. The van der Waals surface area contributed by atoms with Crippen LogP contribution in [0.3, 0.4) is 0 Å². The van der Waals surface area contributed by atoms with Gasteiger partial charge >= 0.3 is 12.1 Å². The van der Waals surface area contributed by atoms with Crippen LogP contribution < -0.4 is 10.1 Å². The van der Waals surface area contributed by atoms with E-state index in [2.05, 4.69) is 10.1 Å². The fourth-order valence-corrected chi connectivity index (χ4v) is 1.80. The molecule has 0 radical (unpaired) electrons. The van der Waals surface area contributed by atoms with Crippen LogP contribution in [-0.2, 0) is 4.79 Å². The monoisotopic (exact) mass is 333 g/mol. The van der Waals surface area contributed by atoms with Crippen LogP contribution in [0, 0.1) is 5.92 Å². The van der Waals surface area contributed by atoms with Gasteiger partial charge in [-0.2, -0.15) is 13.2 Å². The number of carboxylic acid groups (broad SMARTS) is 1. The van der Waals surface area contributed by atoms with Crippen LogP contribution in [-0.4, -0.2) is 35.8 Å². The molecule has 0 aromatic heterocycles. The van der Waals surface area contributed by atoms with Crippen molar-refractivity contribution in [3.8, 4) is 5.75 Å². The number of aliphatic carboxylic acids is 1. The molecule has 23 heavy (non-hydrogen) atoms. The van der Waals surface area contributed by atoms with E-state index in [9.17, 15) is 22.8 Å². The molecule has 0 unspecified atom stereocenters. The Labute approximate surface area is 131 Å². The van der Waals surface area contributed by atoms with Crippen molar-refractivity contribution in [1.82, 2.24) is 5.32 Å². The number of alkyl halides is 3. The Hall–Kier alpha value is -2.25. The molecular formula is C15H18F3NO4. The van der Waals surface area contributed by atoms with Crippen molar-refractivity contribution in [1.29, 1.82) is 0 Å². The summed E-state index contributed by atoms with van der Waals surface area (Å²) in [7, 11) is 0. The highest BCUT2D eigenvalue weighted by atomic mass is 19.4. The molecule has 0 aliphatic carbocycles. The number of carboxylic acids is 1. The van der Waals surface area contributed by atoms with Crippen molar-refractivity contribution in [2.75, 3.05) is 6.61 Å². The van der Waals surface area contributed by atoms with Gasteiger partial charge < -0.3 is 15.2 Å². The molecule has 0 saturated carbocycles. The van der Waals surface area contributed by atoms with Crippen LogP contribution in [0.1, 0.15) is 30.6 Å². The predicted octanol–water partition coefficient (Wildman–Crippen LogP) is 2.86. The van der Waals surface area contributed by atoms with E-state index in [1.807, 2.05) is 13.8 Å². The van der Waals surface area contributed by atoms with E-state index < -0.39 is 30.7 Å². The van der Waals surface area contributed by atoms with Gasteiger partial charge in [0, 0.05) is 5.56 Å². The Morgan fingerprint density at radius 2 is 1.78 bits per heavy atom. The molecule has 1 aromatic rings. The highest BCUT2D eigenvalue weighted by Crippen LogP contribution is 2.19. The Morgan fingerprint density at radius 3 is 2.22 bits per heavy atom. The molecular weight excluding hydrogens is 315 g/mol. The van der Waals surface area contributed by atoms with Gasteiger partial charge in [0.1, 0.15) is 11.8 Å². The molecule has 2 N–H and O–H groups in total. The molecule has 0 heterocycles. The lowest BCUT2D eigenvalue weighted by molar-refractivity contribution is -0.153. The zero-order chi connectivity index (χ0) is 17.6. The molecule has 0 bridgehead atoms. The largest absolute Gasteiger partial charge is 0.484 e. The second-order valence-electron chi connectivity index (χ2n) is 5.42. The zero-order valence-electron chi connectivity index (χ0n) is 12.7. The van der Waals surface area contributed by atoms with Gasteiger partial charge in [-0.05, 0) is 36.6 Å². The summed E-state index contributed by atoms with van der Waals surface area (Å²) in [5.74, 6) is -1.71. The van der Waals surface area contributed by atoms with Gasteiger partial charge in [0.25, 0.3) is 5.91 Å². The van der Waals surface area contributed by atoms with Crippen LogP contribution in [0.15, 0.2) is 24.3 Å². The Morgan fingerprint density at radius 1 is 1.22 bits per heavy atom. The van der Waals surface area contributed by atoms with Crippen LogP contribution in [0.5, 0.6) is 5.75 Å². The standard InChI is InChI=1S/C15H18F3NO4/c1-9(2)7-12(14(21)22)19-13(20)10-3-5-11(6-4-10)23-8-15(16,17)18/h3-6,9,12H,7-8H2,1-2H3,(H,19,20)(H,21,22)/t12-/m0/s1. The Bertz CT molecular complexity index is 541. The molecule has 1 amide bonds. The lowest BCUT2D eigenvalue weighted by Gasteiger charge is -2.16. The van der Waals surface area contributed by atoms with Crippen molar-refractivity contribution >= 4 is 11.9 Å². The fourth-order valence-electron chi connectivity index (χ4n) is 1.80. The summed E-state index contributed by atoms with van der Waals surface area (Å²) in [5, 5.41) is 11.4. The topological polar surface area (TPSA) is 75.6 Å². The SMILES string of the molecule is CC(C)C[C@H](NC(=O)c1ccc(OCC(F)(F)F)cc1)C(=O)O. The molecule has 1 rings (SSSR count). The number of carbonyl (C=O) groups excluding carboxylic acids is 1. The smallest absolute Gasteiger partial charge is 0.422 e. The molecule has 0 aliphatic rings. The van der Waals surface area contributed by atoms with E-state index in [-0.39, 0.29) is 23.7 Å². The molecule has 8 heteroatoms. The van der Waals surface area contributed by atoms with E-state index >= 15 is 0 Å². The number of hydrogen-bond donors (Lipinski definition) is 2. The predicted molar refractivity (Wildman–Crippen MR) is 76.3 cm³/mol. The lowest BCUT2D eigenvalue weighted by atomic mass is 10.0. The number of rotatable bonds is 7. The van der Waals surface area contributed by atoms with Gasteiger partial charge in [-0.3, -0.25) is 4.79 Å². The van der Waals surface area contributed by atoms with Crippen LogP contribution in [0.4, 0.5) is 13.2 Å². The zero-order valence-corrected chi connectivity index (χ0v) is 12.7. The molecule has 0 aliphatic heterocycles. The average molecular weight is 333 g/mol. The van der Waals surface area contributed by atoms with Gasteiger partial charge in [0.05, 0.1) is 0 Å². The van der Waals surface area contributed by atoms with Gasteiger partial charge in [0.15, 0.2) is 6.61 Å². The summed E-state index contributed by atoms with van der Waals surface area (Å²) in [5.41, 5.74) is 0.138. The first-order chi connectivity index (χ1) is 10.6. The number of benzene rings is 1. The first kappa shape index (κ1) is 18.8. The lowest BCUT2D eigenvalue weighted by Crippen LogP contribution is -2.41. The van der Waals surface area contributed by atoms with Crippen LogP contribution in [0.25, 0.3) is 0 Å². The van der Waals surface area contributed by atoms with E-state index in [1.54, 1.807) is 0 Å². The van der Waals surface area contributed by atoms with Crippen molar-refractivity contribution in [3.63, 3.8) is 0 Å². The van der Waals surface area contributed by atoms with Crippen molar-refractivity contribution in [3.05, 3.63) is 29.8 Å². The highest BCUT2D eigenvalue weighted by Gasteiger charge is 2.28. The van der Waals surface area contributed by atoms with Crippen molar-refractivity contribution in [2.24, 2.45) is 5.92 Å². The van der Waals surface area contributed by atoms with Gasteiger partial charge in [-0.1, -0.05) is 13.8 Å². The fraction of sp³-hybridized carbons (Fsp3) is 0.467. The highest BCUT2D eigenvalue weighted by molar-refractivity contribution is 5.96. The van der Waals surface area contributed by atoms with Crippen LogP contribution in [0.2, 0.25) is 0 Å². The minimum absolute atomic E-state index is 0.0316. The summed E-state index contributed by atoms with van der Waals surface area (Å²) in [6.07, 6.45) is -4.17. The number of nitrogens with one attached hydrogen (secondary N) is 1. The van der Waals surface area contributed by atoms with E-state index in [0.29, 0.717) is 0 Å². The first-order valence-electron chi connectivity index (χ1n) is 6.92. The van der Waals surface area contributed by atoms with E-state index in [1.165, 1.54) is 24.3 Å². The molecule has 1 atom stereocenters. The number of carbonyl (C=O) groups is 2. The molecule has 128 valence electrons. The second-order valence-corrected chi connectivity index (χ2v) is 5.42. The maximum Gasteiger partial charge on any atom is 0.422 e. The molecule has 1 aromatic carbocycles. The summed E-state index contributed by atoms with van der Waals surface area (Å²) in [6.45, 7) is 2.23. The number of amides is 1. The molecule has 0 saturated heterocycles. The Kier molecular flexibility index (Phi) is 6.41. The third kappa shape index (κ3) is 7.03. The van der Waals surface area contributed by atoms with Gasteiger partial charge in [-0.15, -0.1) is 0 Å². The maximum absolute atomic E-state index is 12.0. The van der Waals surface area contributed by atoms with Crippen LogP contribution >= 0.6 is 0 Å². The normalized spacial score (nSPS) is 12.8. The van der Waals surface area contributed by atoms with Gasteiger partial charge in [0.2, 0.25) is 0 Å². The third-order valence-electron chi connectivity index (χ3n) is 2.83. The minimum atomic E-state index is -4.44. The number of ether oxygens (including phenoxy) is 1. The van der Waals surface area contributed by atoms with E-state index in [0.717, 1.165) is 0 Å². The number of hydrogen-bond acceptors (Lipinski definition) is 3. The summed E-state index contributed by atoms with van der Waals surface area (Å²) >= 11 is 0. The quantitative estimate of drug-likeness (QED) is 0.804. The third-order valence-corrected chi connectivity index (χ3v) is 2.83.